The first-order valence-corrected chi connectivity index (χ1v) is 7.63. The summed E-state index contributed by atoms with van der Waals surface area (Å²) in [5.41, 5.74) is 3.74. The van der Waals surface area contributed by atoms with Crippen molar-refractivity contribution < 1.29 is 19.1 Å². The molecule has 0 radical (unpaired) electrons. The van der Waals surface area contributed by atoms with Gasteiger partial charge in [-0.25, -0.2) is 4.79 Å². The maximum absolute atomic E-state index is 11.7. The number of carbonyl (C=O) groups excluding carboxylic acids is 2. The number of nitrogens with one attached hydrogen (secondary N) is 1. The number of rotatable bonds is 4. The lowest BCUT2D eigenvalue weighted by Gasteiger charge is -2.19. The summed E-state index contributed by atoms with van der Waals surface area (Å²) >= 11 is 0. The van der Waals surface area contributed by atoms with Gasteiger partial charge in [-0.15, -0.1) is 0 Å². The van der Waals surface area contributed by atoms with Crippen LogP contribution in [0.4, 0.5) is 4.79 Å². The van der Waals surface area contributed by atoms with Crippen molar-refractivity contribution in [2.45, 2.75) is 45.8 Å². The minimum Gasteiger partial charge on any atom is -0.469 e. The second-order valence-corrected chi connectivity index (χ2v) is 6.53. The summed E-state index contributed by atoms with van der Waals surface area (Å²) in [4.78, 5) is 23.1. The minimum atomic E-state index is -0.505. The number of hydrogen-bond donors (Lipinski definition) is 1. The molecule has 5 nitrogen and oxygen atoms in total. The highest BCUT2D eigenvalue weighted by Crippen LogP contribution is 2.30. The molecule has 1 N–H and O–H groups in total. The molecule has 0 saturated heterocycles. The van der Waals surface area contributed by atoms with E-state index in [-0.39, 0.29) is 5.97 Å². The molecule has 1 aromatic carbocycles. The standard InChI is InChI=1S/C18H23NO4/c1-18(2,3)23-17(21)19-11-12-5-8-15-13(9-12)6-7-14(15)10-16(20)22-4/h5,7-9H,6,10-11H2,1-4H3,(H,19,21). The molecule has 0 atom stereocenters. The van der Waals surface area contributed by atoms with Gasteiger partial charge in [-0.3, -0.25) is 4.79 Å². The Balaban J connectivity index is 1.96. The highest BCUT2D eigenvalue weighted by Gasteiger charge is 2.18. The van der Waals surface area contributed by atoms with Gasteiger partial charge in [0.2, 0.25) is 0 Å². The molecule has 0 aromatic heterocycles. The Labute approximate surface area is 136 Å². The van der Waals surface area contributed by atoms with Crippen LogP contribution in [0.15, 0.2) is 24.3 Å². The van der Waals surface area contributed by atoms with Gasteiger partial charge in [0.25, 0.3) is 0 Å². The molecule has 2 rings (SSSR count). The summed E-state index contributed by atoms with van der Waals surface area (Å²) in [6.45, 7) is 5.90. The summed E-state index contributed by atoms with van der Waals surface area (Å²) in [6, 6.07) is 5.99. The molecule has 0 fully saturated rings. The van der Waals surface area contributed by atoms with Gasteiger partial charge >= 0.3 is 12.1 Å². The molecule has 0 spiro atoms. The Morgan fingerprint density at radius 2 is 2.00 bits per heavy atom. The van der Waals surface area contributed by atoms with E-state index in [0.717, 1.165) is 28.7 Å². The van der Waals surface area contributed by atoms with Crippen molar-refractivity contribution in [3.8, 4) is 0 Å². The van der Waals surface area contributed by atoms with E-state index in [1.54, 1.807) is 0 Å². The second kappa shape index (κ2) is 6.86. The third-order valence-electron chi connectivity index (χ3n) is 3.48. The molecule has 1 aromatic rings. The largest absolute Gasteiger partial charge is 0.469 e. The molecule has 1 aliphatic rings. The maximum atomic E-state index is 11.7. The first-order valence-electron chi connectivity index (χ1n) is 7.63. The fourth-order valence-electron chi connectivity index (χ4n) is 2.47. The van der Waals surface area contributed by atoms with Crippen LogP contribution < -0.4 is 5.32 Å². The van der Waals surface area contributed by atoms with Crippen molar-refractivity contribution in [1.82, 2.24) is 5.32 Å². The lowest BCUT2D eigenvalue weighted by atomic mass is 10.0. The van der Waals surface area contributed by atoms with E-state index in [9.17, 15) is 9.59 Å². The van der Waals surface area contributed by atoms with Crippen LogP contribution in [0.2, 0.25) is 0 Å². The Kier molecular flexibility index (Phi) is 5.08. The maximum Gasteiger partial charge on any atom is 0.407 e. The zero-order valence-electron chi connectivity index (χ0n) is 14.1. The summed E-state index contributed by atoms with van der Waals surface area (Å²) in [5.74, 6) is -0.236. The smallest absolute Gasteiger partial charge is 0.407 e. The van der Waals surface area contributed by atoms with E-state index in [2.05, 4.69) is 5.32 Å². The Bertz CT molecular complexity index is 641. The number of alkyl carbamates (subject to hydrolysis) is 1. The third-order valence-corrected chi connectivity index (χ3v) is 3.48. The molecular formula is C18H23NO4. The topological polar surface area (TPSA) is 64.6 Å². The van der Waals surface area contributed by atoms with E-state index in [4.69, 9.17) is 9.47 Å². The van der Waals surface area contributed by atoms with E-state index in [1.165, 1.54) is 7.11 Å². The molecule has 0 bridgehead atoms. The predicted octanol–water partition coefficient (Wildman–Crippen LogP) is 3.21. The average molecular weight is 317 g/mol. The van der Waals surface area contributed by atoms with Crippen molar-refractivity contribution in [3.63, 3.8) is 0 Å². The van der Waals surface area contributed by atoms with Gasteiger partial charge in [0.15, 0.2) is 0 Å². The normalized spacial score (nSPS) is 13.1. The first-order chi connectivity index (χ1) is 10.8. The number of carbonyl (C=O) groups is 2. The van der Waals surface area contributed by atoms with E-state index in [0.29, 0.717) is 13.0 Å². The number of allylic oxidation sites excluding steroid dienone is 1. The first kappa shape index (κ1) is 17.1. The molecule has 23 heavy (non-hydrogen) atoms. The molecule has 1 aliphatic carbocycles. The van der Waals surface area contributed by atoms with E-state index < -0.39 is 11.7 Å². The summed E-state index contributed by atoms with van der Waals surface area (Å²) in [7, 11) is 1.39. The average Bonchev–Trinajstić information content (AvgIpc) is 2.85. The molecule has 124 valence electrons. The summed E-state index contributed by atoms with van der Waals surface area (Å²) < 4.78 is 9.93. The number of hydrogen-bond acceptors (Lipinski definition) is 4. The van der Waals surface area contributed by atoms with E-state index >= 15 is 0 Å². The highest BCUT2D eigenvalue weighted by atomic mass is 16.6. The SMILES string of the molecule is COC(=O)CC1=CCc2cc(CNC(=O)OC(C)(C)C)ccc21. The van der Waals surface area contributed by atoms with Crippen molar-refractivity contribution in [1.29, 1.82) is 0 Å². The van der Waals surface area contributed by atoms with Gasteiger partial charge in [-0.05, 0) is 49.5 Å². The van der Waals surface area contributed by atoms with Crippen LogP contribution in [0.3, 0.4) is 0 Å². The monoisotopic (exact) mass is 317 g/mol. The zero-order valence-corrected chi connectivity index (χ0v) is 14.1. The van der Waals surface area contributed by atoms with Crippen molar-refractivity contribution in [2.75, 3.05) is 7.11 Å². The number of esters is 1. The summed E-state index contributed by atoms with van der Waals surface area (Å²) in [6.07, 6.45) is 2.70. The molecule has 0 unspecified atom stereocenters. The van der Waals surface area contributed by atoms with Crippen molar-refractivity contribution >= 4 is 17.6 Å². The molecule has 0 heterocycles. The van der Waals surface area contributed by atoms with Crippen LogP contribution >= 0.6 is 0 Å². The van der Waals surface area contributed by atoms with Crippen LogP contribution in [0.25, 0.3) is 5.57 Å². The number of methoxy groups -OCH3 is 1. The second-order valence-electron chi connectivity index (χ2n) is 6.53. The third kappa shape index (κ3) is 4.84. The van der Waals surface area contributed by atoms with Crippen LogP contribution in [0.5, 0.6) is 0 Å². The predicted molar refractivity (Wildman–Crippen MR) is 87.8 cm³/mol. The zero-order chi connectivity index (χ0) is 17.0. The van der Waals surface area contributed by atoms with Gasteiger partial charge in [0, 0.05) is 6.54 Å². The molecule has 5 heteroatoms. The highest BCUT2D eigenvalue weighted by molar-refractivity contribution is 5.87. The quantitative estimate of drug-likeness (QED) is 0.866. The van der Waals surface area contributed by atoms with Crippen LogP contribution in [0, 0.1) is 0 Å². The lowest BCUT2D eigenvalue weighted by molar-refractivity contribution is -0.139. The van der Waals surface area contributed by atoms with Crippen LogP contribution in [-0.2, 0) is 27.2 Å². The van der Waals surface area contributed by atoms with Crippen molar-refractivity contribution in [2.24, 2.45) is 0 Å². The molecular weight excluding hydrogens is 294 g/mol. The van der Waals surface area contributed by atoms with Gasteiger partial charge < -0.3 is 14.8 Å². The Morgan fingerprint density at radius 3 is 2.65 bits per heavy atom. The molecule has 0 saturated carbocycles. The molecule has 0 aliphatic heterocycles. The van der Waals surface area contributed by atoms with Crippen molar-refractivity contribution in [3.05, 3.63) is 41.0 Å². The van der Waals surface area contributed by atoms with Gasteiger partial charge in [-0.2, -0.15) is 0 Å². The Morgan fingerprint density at radius 1 is 1.26 bits per heavy atom. The van der Waals surface area contributed by atoms with Gasteiger partial charge in [0.05, 0.1) is 13.5 Å². The fourth-order valence-corrected chi connectivity index (χ4v) is 2.47. The van der Waals surface area contributed by atoms with Gasteiger partial charge in [-0.1, -0.05) is 24.3 Å². The van der Waals surface area contributed by atoms with E-state index in [1.807, 2.05) is 45.0 Å². The molecule has 1 amide bonds. The fraction of sp³-hybridized carbons (Fsp3) is 0.444. The minimum absolute atomic E-state index is 0.236. The lowest BCUT2D eigenvalue weighted by Crippen LogP contribution is -2.32. The van der Waals surface area contributed by atoms with Gasteiger partial charge in [0.1, 0.15) is 5.60 Å². The number of benzene rings is 1. The van der Waals surface area contributed by atoms with Crippen LogP contribution in [-0.4, -0.2) is 24.8 Å². The Hall–Kier alpha value is -2.30. The number of amides is 1. The number of fused-ring (bicyclic) bond motifs is 1. The number of ether oxygens (including phenoxy) is 2. The summed E-state index contributed by atoms with van der Waals surface area (Å²) in [5, 5.41) is 2.75. The van der Waals surface area contributed by atoms with Crippen LogP contribution in [0.1, 0.15) is 43.9 Å².